The van der Waals surface area contributed by atoms with Crippen molar-refractivity contribution in [3.63, 3.8) is 0 Å². The molecule has 0 unspecified atom stereocenters. The minimum Gasteiger partial charge on any atom is -0.454 e. The summed E-state index contributed by atoms with van der Waals surface area (Å²) in [5.74, 6) is 1.01. The van der Waals surface area contributed by atoms with Gasteiger partial charge in [-0.2, -0.15) is 5.26 Å². The zero-order chi connectivity index (χ0) is 14.7. The lowest BCUT2D eigenvalue weighted by molar-refractivity contribution is 0.174. The molecule has 0 bridgehead atoms. The van der Waals surface area contributed by atoms with Crippen LogP contribution in [0.5, 0.6) is 11.5 Å². The number of rotatable bonds is 4. The van der Waals surface area contributed by atoms with Crippen molar-refractivity contribution in [3.05, 3.63) is 58.9 Å². The molecular formula is C16H13FN2O2. The lowest BCUT2D eigenvalue weighted by Gasteiger charge is -2.07. The Kier molecular flexibility index (Phi) is 3.71. The van der Waals surface area contributed by atoms with Crippen LogP contribution in [0.25, 0.3) is 0 Å². The summed E-state index contributed by atoms with van der Waals surface area (Å²) in [7, 11) is 0. The fourth-order valence-electron chi connectivity index (χ4n) is 2.20. The molecule has 2 aromatic carbocycles. The second kappa shape index (κ2) is 5.81. The van der Waals surface area contributed by atoms with Gasteiger partial charge in [0.15, 0.2) is 11.5 Å². The van der Waals surface area contributed by atoms with Gasteiger partial charge in [-0.15, -0.1) is 0 Å². The van der Waals surface area contributed by atoms with E-state index in [1.807, 2.05) is 24.3 Å². The molecule has 21 heavy (non-hydrogen) atoms. The van der Waals surface area contributed by atoms with E-state index in [0.29, 0.717) is 18.7 Å². The first-order valence-corrected chi connectivity index (χ1v) is 6.54. The van der Waals surface area contributed by atoms with Crippen LogP contribution in [0.1, 0.15) is 16.7 Å². The Morgan fingerprint density at radius 2 is 2.00 bits per heavy atom. The van der Waals surface area contributed by atoms with E-state index in [1.54, 1.807) is 12.1 Å². The Morgan fingerprint density at radius 3 is 2.86 bits per heavy atom. The highest BCUT2D eigenvalue weighted by atomic mass is 19.1. The molecule has 4 nitrogen and oxygen atoms in total. The largest absolute Gasteiger partial charge is 0.454 e. The van der Waals surface area contributed by atoms with Crippen molar-refractivity contribution in [1.82, 2.24) is 5.32 Å². The van der Waals surface area contributed by atoms with Crippen LogP contribution in [0.15, 0.2) is 36.4 Å². The summed E-state index contributed by atoms with van der Waals surface area (Å²) in [5, 5.41) is 12.0. The summed E-state index contributed by atoms with van der Waals surface area (Å²) >= 11 is 0. The molecule has 0 fully saturated rings. The van der Waals surface area contributed by atoms with E-state index >= 15 is 0 Å². The third-order valence-corrected chi connectivity index (χ3v) is 3.28. The van der Waals surface area contributed by atoms with E-state index in [1.165, 1.54) is 6.07 Å². The maximum Gasteiger partial charge on any atom is 0.231 e. The molecule has 0 atom stereocenters. The van der Waals surface area contributed by atoms with E-state index in [9.17, 15) is 4.39 Å². The van der Waals surface area contributed by atoms with Crippen molar-refractivity contribution in [1.29, 1.82) is 5.26 Å². The van der Waals surface area contributed by atoms with Crippen molar-refractivity contribution in [2.45, 2.75) is 13.1 Å². The quantitative estimate of drug-likeness (QED) is 0.938. The highest BCUT2D eigenvalue weighted by Crippen LogP contribution is 2.32. The normalized spacial score (nSPS) is 12.2. The summed E-state index contributed by atoms with van der Waals surface area (Å²) < 4.78 is 24.4. The number of fused-ring (bicyclic) bond motifs is 1. The average molecular weight is 284 g/mol. The van der Waals surface area contributed by atoms with E-state index in [2.05, 4.69) is 5.32 Å². The molecule has 1 aliphatic heterocycles. The molecule has 1 heterocycles. The zero-order valence-corrected chi connectivity index (χ0v) is 11.2. The number of hydrogen-bond acceptors (Lipinski definition) is 4. The topological polar surface area (TPSA) is 54.3 Å². The molecule has 1 N–H and O–H groups in total. The highest BCUT2D eigenvalue weighted by molar-refractivity contribution is 5.44. The second-order valence-electron chi connectivity index (χ2n) is 4.68. The number of nitriles is 1. The fraction of sp³-hybridized carbons (Fsp3) is 0.188. The fourth-order valence-corrected chi connectivity index (χ4v) is 2.20. The first kappa shape index (κ1) is 13.4. The monoisotopic (exact) mass is 284 g/mol. The van der Waals surface area contributed by atoms with Gasteiger partial charge in [0.1, 0.15) is 11.9 Å². The van der Waals surface area contributed by atoms with E-state index < -0.39 is 5.82 Å². The molecule has 0 spiro atoms. The summed E-state index contributed by atoms with van der Waals surface area (Å²) in [6.07, 6.45) is 0. The molecule has 0 saturated carbocycles. The number of ether oxygens (including phenoxy) is 2. The molecule has 106 valence electrons. The van der Waals surface area contributed by atoms with Gasteiger partial charge in [-0.1, -0.05) is 18.2 Å². The van der Waals surface area contributed by atoms with Gasteiger partial charge < -0.3 is 14.8 Å². The number of hydrogen-bond donors (Lipinski definition) is 1. The average Bonchev–Trinajstić information content (AvgIpc) is 2.96. The smallest absolute Gasteiger partial charge is 0.231 e. The highest BCUT2D eigenvalue weighted by Gasteiger charge is 2.13. The van der Waals surface area contributed by atoms with Crippen LogP contribution in [-0.4, -0.2) is 6.79 Å². The van der Waals surface area contributed by atoms with Gasteiger partial charge in [0.2, 0.25) is 6.79 Å². The summed E-state index contributed by atoms with van der Waals surface area (Å²) in [6.45, 7) is 1.18. The minimum absolute atomic E-state index is 0.0670. The van der Waals surface area contributed by atoms with Crippen LogP contribution in [0, 0.1) is 17.1 Å². The third kappa shape index (κ3) is 2.81. The Bertz CT molecular complexity index is 710. The van der Waals surface area contributed by atoms with E-state index in [0.717, 1.165) is 17.1 Å². The molecule has 1 aliphatic rings. The van der Waals surface area contributed by atoms with Gasteiger partial charge in [-0.3, -0.25) is 0 Å². The maximum absolute atomic E-state index is 13.9. The molecule has 0 amide bonds. The van der Waals surface area contributed by atoms with Crippen LogP contribution in [0.2, 0.25) is 0 Å². The Labute approximate surface area is 121 Å². The first-order valence-electron chi connectivity index (χ1n) is 6.54. The lowest BCUT2D eigenvalue weighted by Crippen LogP contribution is -2.14. The van der Waals surface area contributed by atoms with Crippen LogP contribution < -0.4 is 14.8 Å². The predicted octanol–water partition coefficient (Wildman–Crippen LogP) is 2.72. The van der Waals surface area contributed by atoms with Crippen molar-refractivity contribution >= 4 is 0 Å². The zero-order valence-electron chi connectivity index (χ0n) is 11.2. The molecule has 0 aromatic heterocycles. The third-order valence-electron chi connectivity index (χ3n) is 3.28. The Balaban J connectivity index is 1.63. The molecular weight excluding hydrogens is 271 g/mol. The van der Waals surface area contributed by atoms with Gasteiger partial charge in [0, 0.05) is 18.7 Å². The van der Waals surface area contributed by atoms with E-state index in [-0.39, 0.29) is 12.4 Å². The van der Waals surface area contributed by atoms with Gasteiger partial charge in [0.25, 0.3) is 0 Å². The molecule has 0 saturated heterocycles. The molecule has 2 aromatic rings. The standard InChI is InChI=1S/C16H13FN2O2/c17-16-12(7-18)2-1-3-13(16)9-19-8-11-4-5-14-15(6-11)21-10-20-14/h1-6,19H,8-10H2. The summed E-state index contributed by atoms with van der Waals surface area (Å²) in [4.78, 5) is 0. The predicted molar refractivity (Wildman–Crippen MR) is 74.2 cm³/mol. The van der Waals surface area contributed by atoms with Crippen molar-refractivity contribution in [2.75, 3.05) is 6.79 Å². The summed E-state index contributed by atoms with van der Waals surface area (Å²) in [6, 6.07) is 12.3. The number of nitrogens with zero attached hydrogens (tertiary/aromatic N) is 1. The van der Waals surface area contributed by atoms with Crippen molar-refractivity contribution in [2.24, 2.45) is 0 Å². The molecule has 3 rings (SSSR count). The maximum atomic E-state index is 13.9. The molecule has 0 aliphatic carbocycles. The second-order valence-corrected chi connectivity index (χ2v) is 4.68. The Morgan fingerprint density at radius 1 is 1.14 bits per heavy atom. The summed E-state index contributed by atoms with van der Waals surface area (Å²) in [5.41, 5.74) is 1.57. The van der Waals surface area contributed by atoms with Crippen LogP contribution in [0.4, 0.5) is 4.39 Å². The van der Waals surface area contributed by atoms with Gasteiger partial charge in [-0.25, -0.2) is 4.39 Å². The van der Waals surface area contributed by atoms with Gasteiger partial charge in [-0.05, 0) is 23.8 Å². The first-order chi connectivity index (χ1) is 10.3. The van der Waals surface area contributed by atoms with Crippen LogP contribution >= 0.6 is 0 Å². The van der Waals surface area contributed by atoms with Gasteiger partial charge >= 0.3 is 0 Å². The van der Waals surface area contributed by atoms with Crippen LogP contribution in [-0.2, 0) is 13.1 Å². The van der Waals surface area contributed by atoms with Crippen molar-refractivity contribution < 1.29 is 13.9 Å². The van der Waals surface area contributed by atoms with Crippen molar-refractivity contribution in [3.8, 4) is 17.6 Å². The van der Waals surface area contributed by atoms with Gasteiger partial charge in [0.05, 0.1) is 5.56 Å². The SMILES string of the molecule is N#Cc1cccc(CNCc2ccc3c(c2)OCO3)c1F. The Hall–Kier alpha value is -2.58. The minimum atomic E-state index is -0.460. The van der Waals surface area contributed by atoms with Crippen LogP contribution in [0.3, 0.4) is 0 Å². The molecule has 0 radical (unpaired) electrons. The van der Waals surface area contributed by atoms with E-state index in [4.69, 9.17) is 14.7 Å². The number of halogens is 1. The number of nitrogens with one attached hydrogen (secondary N) is 1. The lowest BCUT2D eigenvalue weighted by atomic mass is 10.1. The molecule has 5 heteroatoms. The number of benzene rings is 2.